The number of rotatable bonds is 7. The predicted molar refractivity (Wildman–Crippen MR) is 59.8 cm³/mol. The van der Waals surface area contributed by atoms with E-state index in [0.717, 1.165) is 20.8 Å². The molecule has 0 aliphatic carbocycles. The van der Waals surface area contributed by atoms with Gasteiger partial charge < -0.3 is 19.3 Å². The fourth-order valence-corrected chi connectivity index (χ4v) is 1.22. The molecule has 19 heavy (non-hydrogen) atoms. The number of esters is 3. The Balaban J connectivity index is 4.83. The van der Waals surface area contributed by atoms with Crippen molar-refractivity contribution in [3.05, 3.63) is 0 Å². The van der Waals surface area contributed by atoms with Gasteiger partial charge in [0.2, 0.25) is 0 Å². The maximum Gasteiger partial charge on any atom is 0.303 e. The highest BCUT2D eigenvalue weighted by Crippen LogP contribution is 2.10. The van der Waals surface area contributed by atoms with Gasteiger partial charge in [0, 0.05) is 20.8 Å². The molecule has 0 unspecified atom stereocenters. The van der Waals surface area contributed by atoms with Gasteiger partial charge in [0.25, 0.3) is 0 Å². The highest BCUT2D eigenvalue weighted by atomic mass is 16.6. The number of aldehydes is 1. The molecular weight excluding hydrogens is 260 g/mol. The summed E-state index contributed by atoms with van der Waals surface area (Å²) in [6.45, 7) is 2.73. The van der Waals surface area contributed by atoms with Gasteiger partial charge in [-0.1, -0.05) is 0 Å². The van der Waals surface area contributed by atoms with Crippen LogP contribution >= 0.6 is 0 Å². The zero-order chi connectivity index (χ0) is 15.0. The second-order valence-corrected chi connectivity index (χ2v) is 3.65. The second-order valence-electron chi connectivity index (χ2n) is 3.65. The number of carbonyl (C=O) groups excluding carboxylic acids is 4. The van der Waals surface area contributed by atoms with Crippen molar-refractivity contribution in [1.82, 2.24) is 0 Å². The highest BCUT2D eigenvalue weighted by molar-refractivity contribution is 5.71. The van der Waals surface area contributed by atoms with E-state index in [1.54, 1.807) is 0 Å². The maximum absolute atomic E-state index is 10.9. The van der Waals surface area contributed by atoms with E-state index < -0.39 is 42.8 Å². The third-order valence-electron chi connectivity index (χ3n) is 1.90. The molecule has 0 aromatic heterocycles. The van der Waals surface area contributed by atoms with E-state index in [0.29, 0.717) is 0 Å². The van der Waals surface area contributed by atoms with Crippen LogP contribution < -0.4 is 0 Å². The lowest BCUT2D eigenvalue weighted by Crippen LogP contribution is -2.46. The van der Waals surface area contributed by atoms with Crippen molar-refractivity contribution in [3.63, 3.8) is 0 Å². The van der Waals surface area contributed by atoms with Crippen LogP contribution in [0, 0.1) is 0 Å². The van der Waals surface area contributed by atoms with Gasteiger partial charge in [-0.2, -0.15) is 0 Å². The molecular formula is C11H16O8. The molecule has 0 rings (SSSR count). The summed E-state index contributed by atoms with van der Waals surface area (Å²) in [6, 6.07) is 0. The Morgan fingerprint density at radius 1 is 1.05 bits per heavy atom. The van der Waals surface area contributed by atoms with E-state index in [4.69, 9.17) is 4.74 Å². The Labute approximate surface area is 109 Å². The summed E-state index contributed by atoms with van der Waals surface area (Å²) < 4.78 is 13.8. The van der Waals surface area contributed by atoms with Crippen LogP contribution in [0.15, 0.2) is 0 Å². The molecule has 0 saturated heterocycles. The Kier molecular flexibility index (Phi) is 7.35. The summed E-state index contributed by atoms with van der Waals surface area (Å²) in [4.78, 5) is 43.1. The number of hydrogen-bond acceptors (Lipinski definition) is 8. The summed E-state index contributed by atoms with van der Waals surface area (Å²) in [6.07, 6.45) is -4.21. The lowest BCUT2D eigenvalue weighted by molar-refractivity contribution is -0.179. The van der Waals surface area contributed by atoms with E-state index in [2.05, 4.69) is 9.47 Å². The minimum absolute atomic E-state index is 0.214. The Hall–Kier alpha value is -1.96. The van der Waals surface area contributed by atoms with Crippen LogP contribution in [0.1, 0.15) is 20.8 Å². The normalized spacial score (nSPS) is 14.7. The zero-order valence-corrected chi connectivity index (χ0v) is 10.8. The topological polar surface area (TPSA) is 116 Å². The Bertz CT molecular complexity index is 351. The fraction of sp³-hybridized carbons (Fsp3) is 0.636. The molecule has 0 heterocycles. The van der Waals surface area contributed by atoms with Crippen molar-refractivity contribution in [3.8, 4) is 0 Å². The van der Waals surface area contributed by atoms with Gasteiger partial charge in [-0.15, -0.1) is 0 Å². The van der Waals surface area contributed by atoms with Crippen molar-refractivity contribution in [2.75, 3.05) is 6.61 Å². The zero-order valence-electron chi connectivity index (χ0n) is 10.8. The van der Waals surface area contributed by atoms with E-state index >= 15 is 0 Å². The van der Waals surface area contributed by atoms with Gasteiger partial charge in [-0.25, -0.2) is 0 Å². The van der Waals surface area contributed by atoms with Crippen LogP contribution in [0.4, 0.5) is 0 Å². The average Bonchev–Trinajstić information content (AvgIpc) is 2.29. The second kappa shape index (κ2) is 8.20. The molecule has 0 spiro atoms. The van der Waals surface area contributed by atoms with Crippen LogP contribution in [0.25, 0.3) is 0 Å². The minimum atomic E-state index is -1.50. The standard InChI is InChI=1S/C11H16O8/c1-6(13)17-5-9(16)11(19-8(3)15)10(4-12)18-7(2)14/h4,9-11,16H,5H2,1-3H3/t9-,10+,11-/m1/s1. The first-order valence-corrected chi connectivity index (χ1v) is 5.39. The molecule has 0 fully saturated rings. The van der Waals surface area contributed by atoms with E-state index in [1.807, 2.05) is 0 Å². The van der Waals surface area contributed by atoms with E-state index in [-0.39, 0.29) is 6.29 Å². The van der Waals surface area contributed by atoms with Crippen molar-refractivity contribution < 1.29 is 38.5 Å². The van der Waals surface area contributed by atoms with Gasteiger partial charge in [0.05, 0.1) is 0 Å². The van der Waals surface area contributed by atoms with Crippen LogP contribution in [0.5, 0.6) is 0 Å². The molecule has 0 aromatic rings. The van der Waals surface area contributed by atoms with Gasteiger partial charge in [0.1, 0.15) is 12.7 Å². The number of aliphatic hydroxyl groups excluding tert-OH is 1. The molecule has 0 bridgehead atoms. The minimum Gasteiger partial charge on any atom is -0.463 e. The number of carbonyl (C=O) groups is 4. The Morgan fingerprint density at radius 3 is 1.95 bits per heavy atom. The predicted octanol–water partition coefficient (Wildman–Crippen LogP) is -1.03. The van der Waals surface area contributed by atoms with Crippen LogP contribution in [0.2, 0.25) is 0 Å². The first-order chi connectivity index (χ1) is 8.77. The molecule has 0 radical (unpaired) electrons. The molecule has 3 atom stereocenters. The first-order valence-electron chi connectivity index (χ1n) is 5.39. The van der Waals surface area contributed by atoms with Crippen molar-refractivity contribution >= 4 is 24.2 Å². The van der Waals surface area contributed by atoms with Gasteiger partial charge in [0.15, 0.2) is 18.5 Å². The molecule has 0 aromatic carbocycles. The SMILES string of the molecule is CC(=O)OC[C@@H](O)[C@@H](OC(C)=O)[C@H](C=O)OC(C)=O. The highest BCUT2D eigenvalue weighted by Gasteiger charge is 2.34. The quantitative estimate of drug-likeness (QED) is 0.356. The van der Waals surface area contributed by atoms with Gasteiger partial charge in [-0.05, 0) is 0 Å². The Morgan fingerprint density at radius 2 is 1.58 bits per heavy atom. The molecule has 0 saturated carbocycles. The summed E-state index contributed by atoms with van der Waals surface area (Å²) in [5, 5.41) is 9.72. The monoisotopic (exact) mass is 276 g/mol. The molecule has 8 heteroatoms. The fourth-order valence-electron chi connectivity index (χ4n) is 1.22. The molecule has 108 valence electrons. The first kappa shape index (κ1) is 17.0. The number of aliphatic hydroxyl groups is 1. The third kappa shape index (κ3) is 7.14. The maximum atomic E-state index is 10.9. The lowest BCUT2D eigenvalue weighted by Gasteiger charge is -2.26. The van der Waals surface area contributed by atoms with E-state index in [1.165, 1.54) is 0 Å². The smallest absolute Gasteiger partial charge is 0.303 e. The lowest BCUT2D eigenvalue weighted by atomic mass is 10.1. The van der Waals surface area contributed by atoms with Crippen LogP contribution in [0.3, 0.4) is 0 Å². The number of hydrogen-bond donors (Lipinski definition) is 1. The largest absolute Gasteiger partial charge is 0.463 e. The summed E-state index contributed by atoms with van der Waals surface area (Å²) in [7, 11) is 0. The average molecular weight is 276 g/mol. The molecule has 1 N–H and O–H groups in total. The van der Waals surface area contributed by atoms with Crippen LogP contribution in [-0.2, 0) is 33.4 Å². The summed E-state index contributed by atoms with van der Waals surface area (Å²) >= 11 is 0. The number of ether oxygens (including phenoxy) is 3. The molecule has 0 aliphatic heterocycles. The van der Waals surface area contributed by atoms with Crippen molar-refractivity contribution in [2.45, 2.75) is 39.1 Å². The van der Waals surface area contributed by atoms with Crippen molar-refractivity contribution in [2.24, 2.45) is 0 Å². The van der Waals surface area contributed by atoms with Crippen LogP contribution in [-0.4, -0.2) is 54.2 Å². The van der Waals surface area contributed by atoms with Gasteiger partial charge in [-0.3, -0.25) is 19.2 Å². The van der Waals surface area contributed by atoms with Gasteiger partial charge >= 0.3 is 17.9 Å². The molecule has 0 amide bonds. The molecule has 0 aliphatic rings. The van der Waals surface area contributed by atoms with Crippen molar-refractivity contribution in [1.29, 1.82) is 0 Å². The summed E-state index contributed by atoms with van der Waals surface area (Å²) in [5.41, 5.74) is 0. The van der Waals surface area contributed by atoms with E-state index in [9.17, 15) is 24.3 Å². The third-order valence-corrected chi connectivity index (χ3v) is 1.90. The molecule has 8 nitrogen and oxygen atoms in total. The summed E-state index contributed by atoms with van der Waals surface area (Å²) in [5.74, 6) is -2.23.